The molecule has 1 atom stereocenters. The zero-order chi connectivity index (χ0) is 24.0. The summed E-state index contributed by atoms with van der Waals surface area (Å²) < 4.78 is 90.3. The van der Waals surface area contributed by atoms with Crippen molar-refractivity contribution in [1.29, 1.82) is 0 Å². The Balaban J connectivity index is 1.60. The molecule has 1 saturated heterocycles. The third-order valence-electron chi connectivity index (χ3n) is 5.15. The van der Waals surface area contributed by atoms with E-state index in [4.69, 9.17) is 9.15 Å². The fourth-order valence-electron chi connectivity index (χ4n) is 3.21. The molecule has 7 nitrogen and oxygen atoms in total. The van der Waals surface area contributed by atoms with Gasteiger partial charge in [0.1, 0.15) is 22.0 Å². The van der Waals surface area contributed by atoms with Crippen LogP contribution in [0.5, 0.6) is 5.75 Å². The van der Waals surface area contributed by atoms with Crippen molar-refractivity contribution in [2.45, 2.75) is 30.5 Å². The maximum absolute atomic E-state index is 14.5. The molecule has 2 aromatic carbocycles. The molecule has 0 unspecified atom stereocenters. The van der Waals surface area contributed by atoms with Gasteiger partial charge in [-0.3, -0.25) is 4.79 Å². The van der Waals surface area contributed by atoms with Gasteiger partial charge in [-0.1, -0.05) is 12.1 Å². The van der Waals surface area contributed by atoms with Gasteiger partial charge in [0.05, 0.1) is 5.39 Å². The number of ether oxygens (including phenoxy) is 1. The number of anilines is 1. The molecule has 0 aliphatic carbocycles. The standard InChI is InChI=1S/C21H18F4N2O5S/c1-12(21(23,24)25)31-16-5-2-3-6-19(16)33(29,30)26-20(28)18-11-14-15(22)9-13(10-17(14)32-18)27-7-4-8-27/h2-3,5-6,9-12H,4,7-8H2,1H3,(H,26,28)/t12-/m0/s1. The average molecular weight is 486 g/mol. The molecule has 1 N–H and O–H groups in total. The second-order valence-corrected chi connectivity index (χ2v) is 9.12. The second-order valence-electron chi connectivity index (χ2n) is 7.47. The summed E-state index contributed by atoms with van der Waals surface area (Å²) in [6.07, 6.45) is -6.05. The van der Waals surface area contributed by atoms with Crippen molar-refractivity contribution >= 4 is 32.6 Å². The van der Waals surface area contributed by atoms with Crippen LogP contribution < -0.4 is 14.4 Å². The number of carbonyl (C=O) groups is 1. The average Bonchev–Trinajstić information content (AvgIpc) is 3.11. The molecule has 3 aromatic rings. The molecule has 0 bridgehead atoms. The summed E-state index contributed by atoms with van der Waals surface area (Å²) >= 11 is 0. The van der Waals surface area contributed by atoms with Gasteiger partial charge in [-0.15, -0.1) is 0 Å². The van der Waals surface area contributed by atoms with Crippen molar-refractivity contribution < 1.29 is 39.9 Å². The van der Waals surface area contributed by atoms with Crippen LogP contribution in [0.3, 0.4) is 0 Å². The smallest absolute Gasteiger partial charge is 0.425 e. The van der Waals surface area contributed by atoms with Gasteiger partial charge in [-0.25, -0.2) is 17.5 Å². The first-order valence-electron chi connectivity index (χ1n) is 9.83. The molecule has 1 aliphatic rings. The van der Waals surface area contributed by atoms with Gasteiger partial charge in [-0.05, 0) is 31.5 Å². The fourth-order valence-corrected chi connectivity index (χ4v) is 4.30. The van der Waals surface area contributed by atoms with E-state index >= 15 is 0 Å². The van der Waals surface area contributed by atoms with E-state index in [1.54, 1.807) is 10.8 Å². The number of hydrogen-bond donors (Lipinski definition) is 1. The first-order valence-corrected chi connectivity index (χ1v) is 11.3. The molecule has 33 heavy (non-hydrogen) atoms. The molecule has 1 aliphatic heterocycles. The highest BCUT2D eigenvalue weighted by molar-refractivity contribution is 7.90. The van der Waals surface area contributed by atoms with E-state index in [2.05, 4.69) is 0 Å². The Labute approximate surface area is 186 Å². The van der Waals surface area contributed by atoms with E-state index in [0.717, 1.165) is 44.6 Å². The van der Waals surface area contributed by atoms with Gasteiger partial charge in [0.25, 0.3) is 10.0 Å². The Hall–Kier alpha value is -3.28. The maximum Gasteiger partial charge on any atom is 0.425 e. The van der Waals surface area contributed by atoms with Gasteiger partial charge < -0.3 is 14.1 Å². The van der Waals surface area contributed by atoms with E-state index in [1.807, 2.05) is 4.90 Å². The number of benzene rings is 2. The Morgan fingerprint density at radius 3 is 2.52 bits per heavy atom. The molecular weight excluding hydrogens is 468 g/mol. The summed E-state index contributed by atoms with van der Waals surface area (Å²) in [5, 5.41) is -0.00967. The number of fused-ring (bicyclic) bond motifs is 1. The highest BCUT2D eigenvalue weighted by Gasteiger charge is 2.39. The van der Waals surface area contributed by atoms with Crippen molar-refractivity contribution in [2.75, 3.05) is 18.0 Å². The van der Waals surface area contributed by atoms with Crippen LogP contribution in [0.1, 0.15) is 23.9 Å². The highest BCUT2D eigenvalue weighted by atomic mass is 32.2. The largest absolute Gasteiger partial charge is 0.480 e. The Morgan fingerprint density at radius 1 is 1.18 bits per heavy atom. The molecule has 2 heterocycles. The second kappa shape index (κ2) is 8.25. The van der Waals surface area contributed by atoms with Crippen molar-refractivity contribution in [3.05, 3.63) is 54.0 Å². The summed E-state index contributed by atoms with van der Waals surface area (Å²) in [5.74, 6) is -2.91. The number of nitrogens with one attached hydrogen (secondary N) is 1. The number of carbonyl (C=O) groups excluding carboxylic acids is 1. The van der Waals surface area contributed by atoms with Crippen LogP contribution >= 0.6 is 0 Å². The minimum atomic E-state index is -4.73. The van der Waals surface area contributed by atoms with Crippen LogP contribution in [-0.2, 0) is 10.0 Å². The number of furan rings is 1. The van der Waals surface area contributed by atoms with Crippen molar-refractivity contribution in [1.82, 2.24) is 4.72 Å². The van der Waals surface area contributed by atoms with Crippen LogP contribution in [0.15, 0.2) is 51.8 Å². The zero-order valence-electron chi connectivity index (χ0n) is 17.1. The normalized spacial score (nSPS) is 15.2. The van der Waals surface area contributed by atoms with Crippen molar-refractivity contribution in [2.24, 2.45) is 0 Å². The summed E-state index contributed by atoms with van der Waals surface area (Å²) in [7, 11) is -4.65. The Kier molecular flexibility index (Phi) is 5.72. The minimum Gasteiger partial charge on any atom is -0.480 e. The van der Waals surface area contributed by atoms with E-state index in [-0.39, 0.29) is 11.0 Å². The molecule has 0 radical (unpaired) electrons. The minimum absolute atomic E-state index is 0.00967. The Morgan fingerprint density at radius 2 is 1.88 bits per heavy atom. The summed E-state index contributed by atoms with van der Waals surface area (Å²) in [6, 6.07) is 8.48. The lowest BCUT2D eigenvalue weighted by atomic mass is 10.1. The monoisotopic (exact) mass is 486 g/mol. The fraction of sp³-hybridized carbons (Fsp3) is 0.286. The molecule has 1 fully saturated rings. The van der Waals surface area contributed by atoms with Crippen molar-refractivity contribution in [3.63, 3.8) is 0 Å². The topological polar surface area (TPSA) is 88.8 Å². The predicted molar refractivity (Wildman–Crippen MR) is 110 cm³/mol. The molecule has 1 amide bonds. The first kappa shape index (κ1) is 22.9. The maximum atomic E-state index is 14.5. The van der Waals surface area contributed by atoms with Crippen LogP contribution in [0.4, 0.5) is 23.2 Å². The first-order chi connectivity index (χ1) is 15.5. The highest BCUT2D eigenvalue weighted by Crippen LogP contribution is 2.32. The van der Waals surface area contributed by atoms with E-state index in [1.165, 1.54) is 18.2 Å². The van der Waals surface area contributed by atoms with Crippen molar-refractivity contribution in [3.8, 4) is 5.75 Å². The molecule has 0 saturated carbocycles. The number of rotatable bonds is 6. The number of amides is 1. The van der Waals surface area contributed by atoms with Gasteiger partial charge in [0.2, 0.25) is 0 Å². The summed E-state index contributed by atoms with van der Waals surface area (Å²) in [6.45, 7) is 2.23. The van der Waals surface area contributed by atoms with Crippen LogP contribution in [0, 0.1) is 5.82 Å². The number of hydrogen-bond acceptors (Lipinski definition) is 6. The molecule has 12 heteroatoms. The van der Waals surface area contributed by atoms with E-state index < -0.39 is 50.4 Å². The lowest BCUT2D eigenvalue weighted by Gasteiger charge is -2.33. The number of nitrogens with zero attached hydrogens (tertiary/aromatic N) is 1. The van der Waals surface area contributed by atoms with E-state index in [9.17, 15) is 30.8 Å². The van der Waals surface area contributed by atoms with Gasteiger partial charge >= 0.3 is 12.1 Å². The quantitative estimate of drug-likeness (QED) is 0.525. The lowest BCUT2D eigenvalue weighted by Crippen LogP contribution is -2.36. The molecular formula is C21H18F4N2O5S. The van der Waals surface area contributed by atoms with Crippen LogP contribution in [0.25, 0.3) is 11.0 Å². The third kappa shape index (κ3) is 4.61. The number of halogens is 4. The SMILES string of the molecule is C[C@H](Oc1ccccc1S(=O)(=O)NC(=O)c1cc2c(F)cc(N3CCC3)cc2o1)C(F)(F)F. The molecule has 176 valence electrons. The van der Waals surface area contributed by atoms with Gasteiger partial charge in [-0.2, -0.15) is 13.2 Å². The third-order valence-corrected chi connectivity index (χ3v) is 6.52. The summed E-state index contributed by atoms with van der Waals surface area (Å²) in [5.41, 5.74) is 0.632. The van der Waals surface area contributed by atoms with Crippen LogP contribution in [-0.4, -0.2) is 39.7 Å². The number of para-hydroxylation sites is 1. The molecule has 0 spiro atoms. The predicted octanol–water partition coefficient (Wildman–Crippen LogP) is 4.23. The number of alkyl halides is 3. The van der Waals surface area contributed by atoms with Crippen LogP contribution in [0.2, 0.25) is 0 Å². The summed E-state index contributed by atoms with van der Waals surface area (Å²) in [4.78, 5) is 13.8. The zero-order valence-corrected chi connectivity index (χ0v) is 18.0. The van der Waals surface area contributed by atoms with Gasteiger partial charge in [0, 0.05) is 30.9 Å². The molecule has 4 rings (SSSR count). The van der Waals surface area contributed by atoms with Gasteiger partial charge in [0.15, 0.2) is 11.9 Å². The van der Waals surface area contributed by atoms with E-state index in [0.29, 0.717) is 5.69 Å². The lowest BCUT2D eigenvalue weighted by molar-refractivity contribution is -0.189. The Bertz CT molecular complexity index is 1320. The molecule has 1 aromatic heterocycles. The number of sulfonamides is 1.